The molecule has 2 heteroatoms. The van der Waals surface area contributed by atoms with Crippen LogP contribution in [0.2, 0.25) is 0 Å². The van der Waals surface area contributed by atoms with Crippen LogP contribution in [-0.4, -0.2) is 5.78 Å². The van der Waals surface area contributed by atoms with Crippen LogP contribution < -0.4 is 0 Å². The summed E-state index contributed by atoms with van der Waals surface area (Å²) in [5.74, 6) is 0.122. The van der Waals surface area contributed by atoms with Gasteiger partial charge in [0, 0.05) is 5.56 Å². The van der Waals surface area contributed by atoms with Gasteiger partial charge in [-0.3, -0.25) is 4.79 Å². The van der Waals surface area contributed by atoms with Crippen molar-refractivity contribution in [2.24, 2.45) is 0 Å². The quantitative estimate of drug-likeness (QED) is 0.572. The highest BCUT2D eigenvalue weighted by atomic mass is 19.1. The standard InChI is InChI=1S/C18H17FO/c1-13(2)15-6-8-16(9-7-15)18(20)12-5-14-3-10-17(19)11-4-14/h3-13H,1-2H3/b12-5+. The van der Waals surface area contributed by atoms with E-state index in [-0.39, 0.29) is 11.6 Å². The Morgan fingerprint density at radius 2 is 1.60 bits per heavy atom. The third-order valence-electron chi connectivity index (χ3n) is 3.16. The van der Waals surface area contributed by atoms with Gasteiger partial charge in [0.2, 0.25) is 0 Å². The van der Waals surface area contributed by atoms with E-state index in [0.29, 0.717) is 11.5 Å². The maximum atomic E-state index is 12.8. The van der Waals surface area contributed by atoms with Crippen molar-refractivity contribution < 1.29 is 9.18 Å². The number of hydrogen-bond acceptors (Lipinski definition) is 1. The second-order valence-electron chi connectivity index (χ2n) is 5.03. The molecule has 2 aromatic rings. The third kappa shape index (κ3) is 3.64. The molecule has 0 spiro atoms. The Kier molecular flexibility index (Phi) is 4.46. The summed E-state index contributed by atoms with van der Waals surface area (Å²) in [7, 11) is 0. The molecule has 20 heavy (non-hydrogen) atoms. The van der Waals surface area contributed by atoms with Gasteiger partial charge in [0.1, 0.15) is 5.82 Å². The van der Waals surface area contributed by atoms with E-state index in [1.165, 1.54) is 23.8 Å². The summed E-state index contributed by atoms with van der Waals surface area (Å²) >= 11 is 0. The molecule has 0 unspecified atom stereocenters. The molecule has 2 aromatic carbocycles. The van der Waals surface area contributed by atoms with E-state index in [1.54, 1.807) is 18.2 Å². The third-order valence-corrected chi connectivity index (χ3v) is 3.16. The van der Waals surface area contributed by atoms with Crippen molar-refractivity contribution >= 4 is 11.9 Å². The van der Waals surface area contributed by atoms with E-state index in [2.05, 4.69) is 13.8 Å². The summed E-state index contributed by atoms with van der Waals surface area (Å²) < 4.78 is 12.8. The van der Waals surface area contributed by atoms with Crippen molar-refractivity contribution in [3.8, 4) is 0 Å². The maximum Gasteiger partial charge on any atom is 0.185 e. The van der Waals surface area contributed by atoms with Crippen LogP contribution in [-0.2, 0) is 0 Å². The summed E-state index contributed by atoms with van der Waals surface area (Å²) in [6, 6.07) is 13.7. The van der Waals surface area contributed by atoms with E-state index in [0.717, 1.165) is 5.56 Å². The number of hydrogen-bond donors (Lipinski definition) is 0. The lowest BCUT2D eigenvalue weighted by Gasteiger charge is -2.05. The normalized spacial score (nSPS) is 11.2. The minimum atomic E-state index is -0.280. The topological polar surface area (TPSA) is 17.1 Å². The van der Waals surface area contributed by atoms with Gasteiger partial charge in [0.05, 0.1) is 0 Å². The van der Waals surface area contributed by atoms with Crippen LogP contribution in [0.15, 0.2) is 54.6 Å². The highest BCUT2D eigenvalue weighted by molar-refractivity contribution is 6.06. The SMILES string of the molecule is CC(C)c1ccc(C(=O)/C=C/c2ccc(F)cc2)cc1. The fourth-order valence-electron chi connectivity index (χ4n) is 1.87. The van der Waals surface area contributed by atoms with E-state index < -0.39 is 0 Å². The van der Waals surface area contributed by atoms with Crippen molar-refractivity contribution in [1.29, 1.82) is 0 Å². The van der Waals surface area contributed by atoms with Crippen LogP contribution in [0, 0.1) is 5.82 Å². The van der Waals surface area contributed by atoms with Crippen molar-refractivity contribution in [3.05, 3.63) is 77.1 Å². The monoisotopic (exact) mass is 268 g/mol. The molecule has 102 valence electrons. The molecule has 0 radical (unpaired) electrons. The van der Waals surface area contributed by atoms with Crippen molar-refractivity contribution in [1.82, 2.24) is 0 Å². The van der Waals surface area contributed by atoms with Crippen LogP contribution in [0.3, 0.4) is 0 Å². The zero-order valence-electron chi connectivity index (χ0n) is 11.6. The molecule has 0 aliphatic heterocycles. The molecule has 0 fully saturated rings. The van der Waals surface area contributed by atoms with E-state index in [4.69, 9.17) is 0 Å². The largest absolute Gasteiger partial charge is 0.289 e. The average molecular weight is 268 g/mol. The summed E-state index contributed by atoms with van der Waals surface area (Å²) in [6.07, 6.45) is 3.20. The molecule has 0 aliphatic carbocycles. The fraction of sp³-hybridized carbons (Fsp3) is 0.167. The molecular weight excluding hydrogens is 251 g/mol. The number of carbonyl (C=O) groups excluding carboxylic acids is 1. The fourth-order valence-corrected chi connectivity index (χ4v) is 1.87. The Labute approximate surface area is 118 Å². The van der Waals surface area contributed by atoms with Gasteiger partial charge >= 0.3 is 0 Å². The number of allylic oxidation sites excluding steroid dienone is 1. The first-order valence-electron chi connectivity index (χ1n) is 6.64. The number of benzene rings is 2. The predicted molar refractivity (Wildman–Crippen MR) is 80.3 cm³/mol. The van der Waals surface area contributed by atoms with Crippen LogP contribution >= 0.6 is 0 Å². The summed E-state index contributed by atoms with van der Waals surface area (Å²) in [5.41, 5.74) is 2.68. The van der Waals surface area contributed by atoms with E-state index in [9.17, 15) is 9.18 Å². The molecule has 0 bridgehead atoms. The number of ketones is 1. The van der Waals surface area contributed by atoms with Gasteiger partial charge in [-0.15, -0.1) is 0 Å². The summed E-state index contributed by atoms with van der Waals surface area (Å²) in [6.45, 7) is 4.23. The molecule has 0 aliphatic rings. The smallest absolute Gasteiger partial charge is 0.185 e. The molecular formula is C18H17FO. The first-order valence-corrected chi connectivity index (χ1v) is 6.64. The summed E-state index contributed by atoms with van der Waals surface area (Å²) in [5, 5.41) is 0. The van der Waals surface area contributed by atoms with Crippen molar-refractivity contribution in [2.45, 2.75) is 19.8 Å². The molecule has 0 amide bonds. The molecule has 0 saturated heterocycles. The van der Waals surface area contributed by atoms with Gasteiger partial charge in [-0.05, 0) is 35.3 Å². The minimum Gasteiger partial charge on any atom is -0.289 e. The van der Waals surface area contributed by atoms with Gasteiger partial charge in [0.25, 0.3) is 0 Å². The summed E-state index contributed by atoms with van der Waals surface area (Å²) in [4.78, 5) is 12.0. The van der Waals surface area contributed by atoms with E-state index >= 15 is 0 Å². The molecule has 1 nitrogen and oxygen atoms in total. The second-order valence-corrected chi connectivity index (χ2v) is 5.03. The van der Waals surface area contributed by atoms with Gasteiger partial charge in [0.15, 0.2) is 5.78 Å². The number of rotatable bonds is 4. The second kappa shape index (κ2) is 6.29. The van der Waals surface area contributed by atoms with Crippen molar-refractivity contribution in [3.63, 3.8) is 0 Å². The predicted octanol–water partition coefficient (Wildman–Crippen LogP) is 4.85. The highest BCUT2D eigenvalue weighted by Gasteiger charge is 2.03. The van der Waals surface area contributed by atoms with Crippen LogP contribution in [0.1, 0.15) is 41.3 Å². The van der Waals surface area contributed by atoms with Crippen LogP contribution in [0.25, 0.3) is 6.08 Å². The lowest BCUT2D eigenvalue weighted by molar-refractivity contribution is 0.104. The molecule has 0 aromatic heterocycles. The zero-order valence-corrected chi connectivity index (χ0v) is 11.6. The Balaban J connectivity index is 2.09. The molecule has 0 atom stereocenters. The van der Waals surface area contributed by atoms with Gasteiger partial charge in [-0.1, -0.05) is 56.3 Å². The van der Waals surface area contributed by atoms with E-state index in [1.807, 2.05) is 24.3 Å². The molecule has 2 rings (SSSR count). The zero-order chi connectivity index (χ0) is 14.5. The molecule has 0 heterocycles. The Morgan fingerprint density at radius 3 is 2.15 bits per heavy atom. The number of halogens is 1. The Hall–Kier alpha value is -2.22. The van der Waals surface area contributed by atoms with Gasteiger partial charge in [-0.2, -0.15) is 0 Å². The highest BCUT2D eigenvalue weighted by Crippen LogP contribution is 2.15. The first kappa shape index (κ1) is 14.2. The van der Waals surface area contributed by atoms with Crippen molar-refractivity contribution in [2.75, 3.05) is 0 Å². The maximum absolute atomic E-state index is 12.8. The Morgan fingerprint density at radius 1 is 1.00 bits per heavy atom. The minimum absolute atomic E-state index is 0.0513. The van der Waals surface area contributed by atoms with Crippen LogP contribution in [0.4, 0.5) is 4.39 Å². The van der Waals surface area contributed by atoms with Gasteiger partial charge in [-0.25, -0.2) is 4.39 Å². The Bertz CT molecular complexity index is 607. The lowest BCUT2D eigenvalue weighted by Crippen LogP contribution is -1.95. The lowest BCUT2D eigenvalue weighted by atomic mass is 10.0. The molecule has 0 N–H and O–H groups in total. The van der Waals surface area contributed by atoms with Gasteiger partial charge < -0.3 is 0 Å². The van der Waals surface area contributed by atoms with Crippen LogP contribution in [0.5, 0.6) is 0 Å². The number of carbonyl (C=O) groups is 1. The average Bonchev–Trinajstić information content (AvgIpc) is 2.46. The molecule has 0 saturated carbocycles. The first-order chi connectivity index (χ1) is 9.56.